The summed E-state index contributed by atoms with van der Waals surface area (Å²) in [4.78, 5) is 192. The van der Waals surface area contributed by atoms with Crippen LogP contribution in [-0.2, 0) is 97.4 Å². The summed E-state index contributed by atoms with van der Waals surface area (Å²) in [6.07, 6.45) is 4.27. The highest BCUT2D eigenvalue weighted by Gasteiger charge is 2.65. The van der Waals surface area contributed by atoms with Crippen molar-refractivity contribution >= 4 is 143 Å². The normalized spacial score (nSPS) is 26.6. The zero-order valence-corrected chi connectivity index (χ0v) is 79.0. The van der Waals surface area contributed by atoms with Crippen LogP contribution in [0.2, 0.25) is 5.02 Å². The number of phenols is 1. The Bertz CT molecular complexity index is 4840. The van der Waals surface area contributed by atoms with Gasteiger partial charge in [-0.1, -0.05) is 178 Å². The molecule has 39 heteroatoms. The van der Waals surface area contributed by atoms with Gasteiger partial charge in [-0.3, -0.25) is 53.3 Å². The second kappa shape index (κ2) is 48.7. The van der Waals surface area contributed by atoms with E-state index in [1.165, 1.54) is 59.2 Å². The standard InChI is InChI=1S/C92H122ClN13O21S4/c1-51-21-20-29-74(124-9)92(122)47-73(125-90(121)104-92)52(2)80-91(5,127-80)75(46-77(111)106(7)70-42-57(39-51)43-72(123-8)78(70)93)126-88(119)53(3)105(6)76(110)36-38-128-129-49-68(81(95)112)100-86(117)69-50-131-130-48-67(99-84(115)65(41-55-22-12-10-13-23-55)102-89(120)96-61-25-14-11-15-26-61)71(109)45-60(40-56-30-34-62(108)35-31-56)82(113)98-66(44-59-33-32-58-24-16-17-27-63(58)59)85(116)97-64(28-18-19-37-94)83(114)103-79(54(4)107)87(118)101-69/h10,12-13,16-17,20-24,27,29-31,33-35,42-43,52-54,60-61,64-69,73-75,79-80,107-108,122H,11,14-15,18-19,25-26,28,32,36-41,44-50,94H2,1-9H3,(H2,95,112)(H,97,116)(H,98,113)(H,99,115)(H,100,117)(H,101,118)(H,103,114)(H,104,121)(H2,96,102,120)/b29-20+,51-21+/t52-,53+,54-,60-,64+,65-,66-,67+,68+,69+,73+,74-,75+,79+,80+,91+,92+/m1/s1. The van der Waals surface area contributed by atoms with Crippen LogP contribution in [0.3, 0.4) is 0 Å². The number of esters is 1. The van der Waals surface area contributed by atoms with Gasteiger partial charge in [0.25, 0.3) is 0 Å². The lowest BCUT2D eigenvalue weighted by Gasteiger charge is -2.42. The number of rotatable bonds is 29. The highest BCUT2D eigenvalue weighted by Crippen LogP contribution is 2.50. The number of allylic oxidation sites excluding steroid dienone is 4. The van der Waals surface area contributed by atoms with Crippen LogP contribution >= 0.6 is 54.8 Å². The fraction of sp³-hybridized carbons (Fsp3) is 0.533. The van der Waals surface area contributed by atoms with Crippen molar-refractivity contribution in [2.75, 3.05) is 62.8 Å². The van der Waals surface area contributed by atoms with Crippen molar-refractivity contribution in [3.63, 3.8) is 0 Å². The fourth-order valence-corrected chi connectivity index (χ4v) is 21.4. The maximum Gasteiger partial charge on any atom is 0.409 e. The number of phenolic OH excluding ortho intramolecular Hbond substituents is 1. The molecule has 16 N–H and O–H groups in total. The van der Waals surface area contributed by atoms with Crippen molar-refractivity contribution in [1.82, 2.24) is 52.8 Å². The Labute approximate surface area is 783 Å². The molecule has 712 valence electrons. The molecule has 0 unspecified atom stereocenters. The number of amides is 12. The third-order valence-corrected chi connectivity index (χ3v) is 29.7. The number of nitrogens with one attached hydrogen (secondary N) is 9. The monoisotopic (exact) mass is 1910 g/mol. The number of methoxy groups -OCH3 is 2. The Hall–Kier alpha value is -9.90. The number of aliphatic hydroxyl groups excluding tert-OH is 1. The minimum absolute atomic E-state index is 0.0220. The summed E-state index contributed by atoms with van der Waals surface area (Å²) in [6, 6.07) is 13.2. The number of nitrogens with zero attached hydrogens (tertiary/aromatic N) is 2. The first-order chi connectivity index (χ1) is 62.5. The number of nitrogens with two attached hydrogens (primary N) is 2. The largest absolute Gasteiger partial charge is 0.508 e. The SMILES string of the molecule is COc1cc2cc(c1Cl)N(C)C(=O)C[C@H](OC(=O)[C@H](C)N(C)C(=O)CCSSC[C@H](NC(=O)[C@@H]1CSSC[C@H](NC(=O)[C@@H](Cc3ccccc3)NC(=O)NC3CCCCC3)C(=O)C[C@@H](Cc3ccc(O)cc3)C(=O)N[C@H](CC3=CCc4ccccc43)C(=O)N[C@@H](CCCCN)C(=O)N[C@@H]([C@@H](C)O)C(=O)N1)C(N)=O)[C@]1(C)O[C@H]1[C@H](C)[C@@H]1C[C@@](O)(NC(=O)O1)[C@H](OC)/C=C/C=C(\C)C2. The Morgan fingerprint density at radius 1 is 0.817 bits per heavy atom. The van der Waals surface area contributed by atoms with E-state index in [1.807, 2.05) is 43.3 Å². The number of benzene rings is 4. The summed E-state index contributed by atoms with van der Waals surface area (Å²) < 4.78 is 29.8. The maximum atomic E-state index is 15.5. The van der Waals surface area contributed by atoms with E-state index in [2.05, 4.69) is 47.9 Å². The third-order valence-electron chi connectivity index (χ3n) is 24.5. The molecular weight excluding hydrogens is 1790 g/mol. The molecule has 0 radical (unpaired) electrons. The predicted molar refractivity (Wildman–Crippen MR) is 501 cm³/mol. The second-order valence-corrected chi connectivity index (χ2v) is 39.8. The van der Waals surface area contributed by atoms with E-state index in [1.54, 1.807) is 80.6 Å². The lowest BCUT2D eigenvalue weighted by molar-refractivity contribution is -0.162. The number of likely N-dealkylation sites (N-methyl/N-ethyl adjacent to an activating group) is 1. The number of hydrogen-bond donors (Lipinski definition) is 14. The van der Waals surface area contributed by atoms with E-state index >= 15 is 19.2 Å². The van der Waals surface area contributed by atoms with Crippen molar-refractivity contribution < 1.29 is 101 Å². The van der Waals surface area contributed by atoms with Gasteiger partial charge in [0.1, 0.15) is 82.7 Å². The van der Waals surface area contributed by atoms with Gasteiger partial charge in [-0.15, -0.1) is 0 Å². The Morgan fingerprint density at radius 2 is 1.52 bits per heavy atom. The number of fused-ring (bicyclic) bond motifs is 6. The molecule has 17 atom stereocenters. The average Bonchev–Trinajstić information content (AvgIpc) is 1.57. The van der Waals surface area contributed by atoms with Crippen molar-refractivity contribution in [3.8, 4) is 11.5 Å². The molecule has 4 bridgehead atoms. The minimum Gasteiger partial charge on any atom is -0.508 e. The summed E-state index contributed by atoms with van der Waals surface area (Å²) in [5.74, 6) is -11.7. The number of hydrogen-bond acceptors (Lipinski definition) is 26. The summed E-state index contributed by atoms with van der Waals surface area (Å²) in [5, 5.41) is 58.7. The predicted octanol–water partition coefficient (Wildman–Crippen LogP) is 6.38. The van der Waals surface area contributed by atoms with Gasteiger partial charge in [0.2, 0.25) is 53.2 Å². The molecule has 6 aliphatic rings. The Balaban J connectivity index is 0.868. The van der Waals surface area contributed by atoms with Gasteiger partial charge in [0.05, 0.1) is 37.5 Å². The molecule has 4 aromatic carbocycles. The van der Waals surface area contributed by atoms with E-state index in [0.717, 1.165) is 96.9 Å². The first-order valence-electron chi connectivity index (χ1n) is 44.0. The number of carbonyl (C=O) groups excluding carboxylic acids is 13. The van der Waals surface area contributed by atoms with E-state index in [4.69, 9.17) is 46.8 Å². The van der Waals surface area contributed by atoms with Crippen LogP contribution in [0.25, 0.3) is 5.57 Å². The van der Waals surface area contributed by atoms with Crippen molar-refractivity contribution in [3.05, 3.63) is 154 Å². The Morgan fingerprint density at radius 3 is 2.22 bits per heavy atom. The Kier molecular flexibility index (Phi) is 38.3. The minimum atomic E-state index is -1.96. The molecule has 4 fully saturated rings. The first-order valence-corrected chi connectivity index (χ1v) is 49.4. The molecule has 0 spiro atoms. The fourth-order valence-electron chi connectivity index (χ4n) is 16.5. The summed E-state index contributed by atoms with van der Waals surface area (Å²) in [6.45, 7) is 8.09. The zero-order valence-electron chi connectivity index (χ0n) is 75.0. The number of alkyl carbamates (subject to hydrolysis) is 1. The number of aliphatic hydroxyl groups is 2. The van der Waals surface area contributed by atoms with Gasteiger partial charge < -0.3 is 103 Å². The van der Waals surface area contributed by atoms with E-state index in [9.17, 15) is 58.5 Å². The molecule has 4 aliphatic heterocycles. The smallest absolute Gasteiger partial charge is 0.409 e. The number of Topliss-reactive ketones (excluding diaryl/α,β-unsaturated/α-hetero) is 1. The van der Waals surface area contributed by atoms with E-state index < -0.39 is 192 Å². The first kappa shape index (κ1) is 103. The zero-order chi connectivity index (χ0) is 95.0. The number of urea groups is 1. The summed E-state index contributed by atoms with van der Waals surface area (Å²) in [5.41, 5.74) is 14.0. The number of primary amides is 1. The van der Waals surface area contributed by atoms with Crippen LogP contribution in [0.5, 0.6) is 11.5 Å². The molecule has 1 saturated carbocycles. The number of epoxide rings is 1. The number of anilines is 1. The van der Waals surface area contributed by atoms with E-state index in [0.29, 0.717) is 41.5 Å². The van der Waals surface area contributed by atoms with Crippen LogP contribution in [0.15, 0.2) is 121 Å². The van der Waals surface area contributed by atoms with Crippen LogP contribution in [-0.4, -0.2) is 251 Å². The van der Waals surface area contributed by atoms with Gasteiger partial charge in [0, 0.05) is 94.2 Å². The molecule has 4 heterocycles. The molecule has 3 saturated heterocycles. The number of ketones is 1. The van der Waals surface area contributed by atoms with Gasteiger partial charge in [-0.25, -0.2) is 14.4 Å². The number of ether oxygens (including phenoxy) is 5. The molecule has 12 amide bonds. The lowest BCUT2D eigenvalue weighted by atomic mass is 9.83. The van der Waals surface area contributed by atoms with Gasteiger partial charge in [-0.2, -0.15) is 0 Å². The van der Waals surface area contributed by atoms with Gasteiger partial charge in [0.15, 0.2) is 11.5 Å². The highest BCUT2D eigenvalue weighted by molar-refractivity contribution is 8.77. The molecule has 10 rings (SSSR count). The number of halogens is 1. The number of unbranched alkanes of at least 4 members (excludes halogenated alkanes) is 1. The average molecular weight is 1910 g/mol. The van der Waals surface area contributed by atoms with E-state index in [-0.39, 0.29) is 103 Å². The lowest BCUT2D eigenvalue weighted by Crippen LogP contribution is -2.63. The van der Waals surface area contributed by atoms with Crippen molar-refractivity contribution in [2.45, 2.75) is 240 Å². The van der Waals surface area contributed by atoms with Crippen LogP contribution in [0.4, 0.5) is 15.3 Å². The van der Waals surface area contributed by atoms with Crippen LogP contribution in [0, 0.1) is 11.8 Å². The molecule has 34 nitrogen and oxygen atoms in total. The quantitative estimate of drug-likeness (QED) is 0.0121. The topological polar surface area (TPSA) is 499 Å². The molecule has 4 aromatic rings. The highest BCUT2D eigenvalue weighted by atomic mass is 35.5. The summed E-state index contributed by atoms with van der Waals surface area (Å²) in [7, 11) is 9.77. The summed E-state index contributed by atoms with van der Waals surface area (Å²) >= 11 is 6.91. The van der Waals surface area contributed by atoms with Crippen molar-refractivity contribution in [2.24, 2.45) is 23.3 Å². The molecule has 0 aromatic heterocycles. The molecular formula is C92H122ClN13O21S4. The van der Waals surface area contributed by atoms with Gasteiger partial charge in [-0.05, 0) is 143 Å². The third kappa shape index (κ3) is 28.8. The molecule has 131 heavy (non-hydrogen) atoms. The van der Waals surface area contributed by atoms with Crippen LogP contribution in [0.1, 0.15) is 146 Å². The van der Waals surface area contributed by atoms with Crippen LogP contribution < -0.4 is 69.0 Å². The molecule has 2 aliphatic carbocycles. The van der Waals surface area contributed by atoms with Gasteiger partial charge >= 0.3 is 18.1 Å². The van der Waals surface area contributed by atoms with Crippen molar-refractivity contribution in [1.29, 1.82) is 0 Å². The second-order valence-electron chi connectivity index (χ2n) is 34.3. The maximum absolute atomic E-state index is 15.5. The number of carbonyl (C=O) groups is 13. The number of aromatic hydroxyl groups is 1.